The molecule has 1 atom stereocenters. The standard InChI is InChI=1S/C16H27ClN2S/c1-6-14(11-20-5)19(4)15-8-7-13(16(17)9-15)10-18-12(2)3/h7-9,12,14,18H,6,10-11H2,1-5H3. The van der Waals surface area contributed by atoms with Gasteiger partial charge in [0.05, 0.1) is 0 Å². The molecule has 1 unspecified atom stereocenters. The van der Waals surface area contributed by atoms with Crippen molar-refractivity contribution in [3.8, 4) is 0 Å². The molecule has 0 radical (unpaired) electrons. The number of nitrogens with zero attached hydrogens (tertiary/aromatic N) is 1. The Morgan fingerprint density at radius 1 is 1.35 bits per heavy atom. The van der Waals surface area contributed by atoms with Gasteiger partial charge in [0.1, 0.15) is 0 Å². The first-order chi connectivity index (χ1) is 9.49. The number of hydrogen-bond donors (Lipinski definition) is 1. The number of benzene rings is 1. The van der Waals surface area contributed by atoms with Crippen LogP contribution in [-0.2, 0) is 6.54 Å². The van der Waals surface area contributed by atoms with Crippen molar-refractivity contribution in [3.63, 3.8) is 0 Å². The zero-order chi connectivity index (χ0) is 15.1. The van der Waals surface area contributed by atoms with E-state index in [0.29, 0.717) is 12.1 Å². The number of anilines is 1. The van der Waals surface area contributed by atoms with E-state index >= 15 is 0 Å². The van der Waals surface area contributed by atoms with Gasteiger partial charge in [-0.15, -0.1) is 0 Å². The molecule has 0 aliphatic carbocycles. The van der Waals surface area contributed by atoms with Crippen molar-refractivity contribution < 1.29 is 0 Å². The van der Waals surface area contributed by atoms with Gasteiger partial charge in [-0.25, -0.2) is 0 Å². The summed E-state index contributed by atoms with van der Waals surface area (Å²) in [6.07, 6.45) is 3.30. The Morgan fingerprint density at radius 3 is 2.55 bits per heavy atom. The first-order valence-electron chi connectivity index (χ1n) is 7.23. The van der Waals surface area contributed by atoms with E-state index in [4.69, 9.17) is 11.6 Å². The van der Waals surface area contributed by atoms with E-state index in [9.17, 15) is 0 Å². The summed E-state index contributed by atoms with van der Waals surface area (Å²) in [5, 5.41) is 4.25. The Hall–Kier alpha value is -0.380. The second-order valence-electron chi connectivity index (χ2n) is 5.44. The number of rotatable bonds is 8. The SMILES string of the molecule is CCC(CSC)N(C)c1ccc(CNC(C)C)c(Cl)c1. The molecule has 1 aromatic rings. The van der Waals surface area contributed by atoms with Crippen LogP contribution in [0.5, 0.6) is 0 Å². The van der Waals surface area contributed by atoms with Crippen LogP contribution < -0.4 is 10.2 Å². The molecule has 1 aromatic carbocycles. The molecule has 1 rings (SSSR count). The molecule has 0 heterocycles. The van der Waals surface area contributed by atoms with Crippen molar-refractivity contribution in [3.05, 3.63) is 28.8 Å². The second kappa shape index (κ2) is 8.81. The lowest BCUT2D eigenvalue weighted by molar-refractivity contribution is 0.589. The Kier molecular flexibility index (Phi) is 7.78. The van der Waals surface area contributed by atoms with Crippen LogP contribution >= 0.6 is 23.4 Å². The van der Waals surface area contributed by atoms with Crippen molar-refractivity contribution >= 4 is 29.1 Å². The van der Waals surface area contributed by atoms with Crippen LogP contribution in [0, 0.1) is 0 Å². The van der Waals surface area contributed by atoms with Crippen molar-refractivity contribution in [2.75, 3.05) is 24.0 Å². The molecule has 0 aromatic heterocycles. The number of hydrogen-bond acceptors (Lipinski definition) is 3. The van der Waals surface area contributed by atoms with Crippen LogP contribution in [0.3, 0.4) is 0 Å². The molecule has 0 aliphatic heterocycles. The minimum Gasteiger partial charge on any atom is -0.371 e. The van der Waals surface area contributed by atoms with Crippen molar-refractivity contribution in [2.24, 2.45) is 0 Å². The summed E-state index contributed by atoms with van der Waals surface area (Å²) in [7, 11) is 2.15. The third-order valence-corrected chi connectivity index (χ3v) is 4.59. The predicted octanol–water partition coefficient (Wildman–Crippen LogP) is 4.42. The summed E-state index contributed by atoms with van der Waals surface area (Å²) in [5.74, 6) is 1.14. The summed E-state index contributed by atoms with van der Waals surface area (Å²) in [6.45, 7) is 7.34. The minimum atomic E-state index is 0.472. The summed E-state index contributed by atoms with van der Waals surface area (Å²) in [4.78, 5) is 2.34. The summed E-state index contributed by atoms with van der Waals surface area (Å²) in [5.41, 5.74) is 2.36. The highest BCUT2D eigenvalue weighted by molar-refractivity contribution is 7.98. The maximum atomic E-state index is 6.41. The Balaban J connectivity index is 2.79. The zero-order valence-corrected chi connectivity index (χ0v) is 14.8. The third-order valence-electron chi connectivity index (χ3n) is 3.52. The first kappa shape index (κ1) is 17.7. The molecule has 0 fully saturated rings. The van der Waals surface area contributed by atoms with Gasteiger partial charge in [0, 0.05) is 42.1 Å². The highest BCUT2D eigenvalue weighted by Crippen LogP contribution is 2.25. The molecule has 20 heavy (non-hydrogen) atoms. The Bertz CT molecular complexity index is 409. The topological polar surface area (TPSA) is 15.3 Å². The molecule has 2 nitrogen and oxygen atoms in total. The summed E-state index contributed by atoms with van der Waals surface area (Å²) < 4.78 is 0. The lowest BCUT2D eigenvalue weighted by Crippen LogP contribution is -2.33. The maximum Gasteiger partial charge on any atom is 0.0471 e. The molecule has 0 saturated carbocycles. The zero-order valence-electron chi connectivity index (χ0n) is 13.2. The van der Waals surface area contributed by atoms with Gasteiger partial charge in [0.15, 0.2) is 0 Å². The van der Waals surface area contributed by atoms with Crippen LogP contribution in [0.4, 0.5) is 5.69 Å². The van der Waals surface area contributed by atoms with Crippen LogP contribution in [0.25, 0.3) is 0 Å². The number of nitrogens with one attached hydrogen (secondary N) is 1. The maximum absolute atomic E-state index is 6.41. The van der Waals surface area contributed by atoms with E-state index in [1.54, 1.807) is 0 Å². The van der Waals surface area contributed by atoms with E-state index < -0.39 is 0 Å². The monoisotopic (exact) mass is 314 g/mol. The van der Waals surface area contributed by atoms with E-state index in [2.05, 4.69) is 62.5 Å². The predicted molar refractivity (Wildman–Crippen MR) is 94.3 cm³/mol. The van der Waals surface area contributed by atoms with Crippen LogP contribution in [0.1, 0.15) is 32.8 Å². The fraction of sp³-hybridized carbons (Fsp3) is 0.625. The second-order valence-corrected chi connectivity index (χ2v) is 6.76. The van der Waals surface area contributed by atoms with Gasteiger partial charge in [-0.2, -0.15) is 11.8 Å². The fourth-order valence-electron chi connectivity index (χ4n) is 2.12. The Labute approximate surface area is 133 Å². The Morgan fingerprint density at radius 2 is 2.05 bits per heavy atom. The van der Waals surface area contributed by atoms with Gasteiger partial charge in [-0.1, -0.05) is 38.4 Å². The average Bonchev–Trinajstić information content (AvgIpc) is 2.42. The van der Waals surface area contributed by atoms with E-state index in [0.717, 1.165) is 29.3 Å². The third kappa shape index (κ3) is 5.19. The largest absolute Gasteiger partial charge is 0.371 e. The van der Waals surface area contributed by atoms with Crippen molar-refractivity contribution in [2.45, 2.75) is 45.8 Å². The number of halogens is 1. The highest BCUT2D eigenvalue weighted by Gasteiger charge is 2.14. The quantitative estimate of drug-likeness (QED) is 0.765. The lowest BCUT2D eigenvalue weighted by Gasteiger charge is -2.29. The van der Waals surface area contributed by atoms with Crippen LogP contribution in [0.15, 0.2) is 18.2 Å². The summed E-state index contributed by atoms with van der Waals surface area (Å²) >= 11 is 8.30. The van der Waals surface area contributed by atoms with Gasteiger partial charge in [0.25, 0.3) is 0 Å². The molecule has 4 heteroatoms. The molecule has 114 valence electrons. The van der Waals surface area contributed by atoms with Crippen molar-refractivity contribution in [1.82, 2.24) is 5.32 Å². The molecular formula is C16H27ClN2S. The van der Waals surface area contributed by atoms with E-state index in [1.165, 1.54) is 5.69 Å². The lowest BCUT2D eigenvalue weighted by atomic mass is 10.1. The van der Waals surface area contributed by atoms with Gasteiger partial charge in [0.2, 0.25) is 0 Å². The molecule has 0 amide bonds. The molecule has 0 spiro atoms. The molecule has 0 saturated heterocycles. The van der Waals surface area contributed by atoms with Crippen LogP contribution in [-0.4, -0.2) is 31.1 Å². The smallest absolute Gasteiger partial charge is 0.0471 e. The van der Waals surface area contributed by atoms with Gasteiger partial charge in [-0.3, -0.25) is 0 Å². The minimum absolute atomic E-state index is 0.472. The van der Waals surface area contributed by atoms with Gasteiger partial charge in [-0.05, 0) is 30.4 Å². The van der Waals surface area contributed by atoms with Gasteiger partial charge < -0.3 is 10.2 Å². The van der Waals surface area contributed by atoms with Crippen LogP contribution in [0.2, 0.25) is 5.02 Å². The van der Waals surface area contributed by atoms with Crippen molar-refractivity contribution in [1.29, 1.82) is 0 Å². The molecular weight excluding hydrogens is 288 g/mol. The first-order valence-corrected chi connectivity index (χ1v) is 9.00. The highest BCUT2D eigenvalue weighted by atomic mass is 35.5. The summed E-state index contributed by atoms with van der Waals surface area (Å²) in [6, 6.07) is 7.42. The van der Waals surface area contributed by atoms with Gasteiger partial charge >= 0.3 is 0 Å². The van der Waals surface area contributed by atoms with E-state index in [1.807, 2.05) is 11.8 Å². The van der Waals surface area contributed by atoms with E-state index in [-0.39, 0.29) is 0 Å². The molecule has 1 N–H and O–H groups in total. The number of thioether (sulfide) groups is 1. The molecule has 0 aliphatic rings. The normalized spacial score (nSPS) is 12.8. The molecule has 0 bridgehead atoms. The average molecular weight is 315 g/mol. The fourth-order valence-corrected chi connectivity index (χ4v) is 3.21.